The molecule has 0 saturated heterocycles. The van der Waals surface area contributed by atoms with Gasteiger partial charge in [0.1, 0.15) is 0 Å². The Hall–Kier alpha value is -0.570. The predicted molar refractivity (Wildman–Crippen MR) is 75.8 cm³/mol. The summed E-state index contributed by atoms with van der Waals surface area (Å²) >= 11 is 6.04. The van der Waals surface area contributed by atoms with Crippen molar-refractivity contribution in [1.29, 1.82) is 0 Å². The maximum Gasteiger partial charge on any atom is 0.0621 e. The summed E-state index contributed by atoms with van der Waals surface area (Å²) in [5.74, 6) is 0. The van der Waals surface area contributed by atoms with Gasteiger partial charge in [-0.05, 0) is 30.5 Å². The highest BCUT2D eigenvalue weighted by Gasteiger charge is 2.47. The van der Waals surface area contributed by atoms with Crippen molar-refractivity contribution in [3.05, 3.63) is 34.9 Å². The molecule has 2 rings (SSSR count). The Bertz CT molecular complexity index is 419. The van der Waals surface area contributed by atoms with Gasteiger partial charge in [0.2, 0.25) is 0 Å². The van der Waals surface area contributed by atoms with E-state index in [9.17, 15) is 5.11 Å². The molecule has 18 heavy (non-hydrogen) atoms. The SMILES string of the molecule is CCC(NC1CC(O)C1(C)C)c1cccc(Cl)c1. The lowest BCUT2D eigenvalue weighted by Crippen LogP contribution is -2.60. The van der Waals surface area contributed by atoms with Crippen molar-refractivity contribution in [2.45, 2.75) is 51.8 Å². The highest BCUT2D eigenvalue weighted by atomic mass is 35.5. The Morgan fingerprint density at radius 1 is 1.50 bits per heavy atom. The van der Waals surface area contributed by atoms with Gasteiger partial charge in [0.05, 0.1) is 6.10 Å². The molecule has 1 aromatic rings. The summed E-state index contributed by atoms with van der Waals surface area (Å²) in [6.45, 7) is 6.40. The van der Waals surface area contributed by atoms with Gasteiger partial charge < -0.3 is 10.4 Å². The second kappa shape index (κ2) is 5.20. The molecule has 3 atom stereocenters. The average Bonchev–Trinajstić information content (AvgIpc) is 2.34. The van der Waals surface area contributed by atoms with Crippen LogP contribution in [0.3, 0.4) is 0 Å². The molecular formula is C15H22ClNO. The zero-order valence-electron chi connectivity index (χ0n) is 11.3. The maximum atomic E-state index is 9.79. The standard InChI is InChI=1S/C15H22ClNO/c1-4-12(10-6-5-7-11(16)8-10)17-13-9-14(18)15(13,2)3/h5-8,12-14,17-18H,4,9H2,1-3H3. The van der Waals surface area contributed by atoms with E-state index in [4.69, 9.17) is 11.6 Å². The minimum absolute atomic E-state index is 0.0357. The van der Waals surface area contributed by atoms with Gasteiger partial charge in [-0.1, -0.05) is 44.5 Å². The molecule has 0 aliphatic heterocycles. The zero-order valence-corrected chi connectivity index (χ0v) is 12.0. The van der Waals surface area contributed by atoms with E-state index in [-0.39, 0.29) is 11.5 Å². The van der Waals surface area contributed by atoms with Crippen molar-refractivity contribution in [1.82, 2.24) is 5.32 Å². The fourth-order valence-electron chi connectivity index (χ4n) is 2.60. The van der Waals surface area contributed by atoms with Gasteiger partial charge in [0.15, 0.2) is 0 Å². The second-order valence-corrected chi connectivity index (χ2v) is 6.24. The molecule has 1 fully saturated rings. The van der Waals surface area contributed by atoms with Crippen LogP contribution in [0.2, 0.25) is 5.02 Å². The number of hydrogen-bond donors (Lipinski definition) is 2. The van der Waals surface area contributed by atoms with Crippen molar-refractivity contribution in [2.24, 2.45) is 5.41 Å². The van der Waals surface area contributed by atoms with Crippen LogP contribution >= 0.6 is 11.6 Å². The first-order valence-electron chi connectivity index (χ1n) is 6.64. The molecule has 0 spiro atoms. The molecule has 0 radical (unpaired) electrons. The zero-order chi connectivity index (χ0) is 13.3. The van der Waals surface area contributed by atoms with Crippen molar-refractivity contribution >= 4 is 11.6 Å². The monoisotopic (exact) mass is 267 g/mol. The van der Waals surface area contributed by atoms with E-state index in [1.54, 1.807) is 0 Å². The lowest BCUT2D eigenvalue weighted by molar-refractivity contribution is -0.0762. The summed E-state index contributed by atoms with van der Waals surface area (Å²) < 4.78 is 0. The smallest absolute Gasteiger partial charge is 0.0621 e. The number of aliphatic hydroxyl groups excluding tert-OH is 1. The lowest BCUT2D eigenvalue weighted by Gasteiger charge is -2.51. The van der Waals surface area contributed by atoms with Crippen molar-refractivity contribution in [3.8, 4) is 0 Å². The quantitative estimate of drug-likeness (QED) is 0.875. The van der Waals surface area contributed by atoms with Gasteiger partial charge in [0, 0.05) is 22.5 Å². The first-order chi connectivity index (χ1) is 8.45. The Morgan fingerprint density at radius 3 is 2.72 bits per heavy atom. The van der Waals surface area contributed by atoms with E-state index >= 15 is 0 Å². The minimum Gasteiger partial charge on any atom is -0.392 e. The van der Waals surface area contributed by atoms with Gasteiger partial charge in [0.25, 0.3) is 0 Å². The second-order valence-electron chi connectivity index (χ2n) is 5.81. The third-order valence-corrected chi connectivity index (χ3v) is 4.51. The summed E-state index contributed by atoms with van der Waals surface area (Å²) in [4.78, 5) is 0. The van der Waals surface area contributed by atoms with Gasteiger partial charge in [-0.25, -0.2) is 0 Å². The molecule has 0 aromatic heterocycles. The molecule has 1 aromatic carbocycles. The van der Waals surface area contributed by atoms with E-state index in [1.165, 1.54) is 5.56 Å². The minimum atomic E-state index is -0.188. The van der Waals surface area contributed by atoms with Gasteiger partial charge in [-0.3, -0.25) is 0 Å². The van der Waals surface area contributed by atoms with Gasteiger partial charge in [-0.2, -0.15) is 0 Å². The van der Waals surface area contributed by atoms with Crippen LogP contribution < -0.4 is 5.32 Å². The van der Waals surface area contributed by atoms with Crippen molar-refractivity contribution in [2.75, 3.05) is 0 Å². The number of benzene rings is 1. The topological polar surface area (TPSA) is 32.3 Å². The molecular weight excluding hydrogens is 246 g/mol. The third kappa shape index (κ3) is 2.56. The molecule has 0 bridgehead atoms. The average molecular weight is 268 g/mol. The number of hydrogen-bond acceptors (Lipinski definition) is 2. The van der Waals surface area contributed by atoms with Crippen LogP contribution in [-0.4, -0.2) is 17.3 Å². The van der Waals surface area contributed by atoms with Crippen LogP contribution in [0.5, 0.6) is 0 Å². The van der Waals surface area contributed by atoms with Crippen molar-refractivity contribution < 1.29 is 5.11 Å². The van der Waals surface area contributed by atoms with E-state index in [0.717, 1.165) is 17.9 Å². The third-order valence-electron chi connectivity index (χ3n) is 4.28. The summed E-state index contributed by atoms with van der Waals surface area (Å²) in [5.41, 5.74) is 1.19. The Kier molecular flexibility index (Phi) is 4.00. The normalized spacial score (nSPS) is 27.6. The summed E-state index contributed by atoms with van der Waals surface area (Å²) in [7, 11) is 0. The van der Waals surface area contributed by atoms with E-state index in [2.05, 4.69) is 32.2 Å². The predicted octanol–water partition coefficient (Wildman–Crippen LogP) is 3.54. The van der Waals surface area contributed by atoms with Crippen LogP contribution in [0.1, 0.15) is 45.2 Å². The molecule has 0 heterocycles. The largest absolute Gasteiger partial charge is 0.392 e. The first kappa shape index (κ1) is 13.9. The molecule has 2 N–H and O–H groups in total. The van der Waals surface area contributed by atoms with Crippen LogP contribution in [0.15, 0.2) is 24.3 Å². The van der Waals surface area contributed by atoms with E-state index < -0.39 is 0 Å². The molecule has 3 unspecified atom stereocenters. The molecule has 100 valence electrons. The molecule has 1 aliphatic carbocycles. The van der Waals surface area contributed by atoms with Crippen LogP contribution in [-0.2, 0) is 0 Å². The fourth-order valence-corrected chi connectivity index (χ4v) is 2.80. The lowest BCUT2D eigenvalue weighted by atomic mass is 9.64. The summed E-state index contributed by atoms with van der Waals surface area (Å²) in [6, 6.07) is 8.69. The summed E-state index contributed by atoms with van der Waals surface area (Å²) in [6.07, 6.45) is 1.67. The molecule has 2 nitrogen and oxygen atoms in total. The van der Waals surface area contributed by atoms with Crippen LogP contribution in [0.4, 0.5) is 0 Å². The molecule has 1 saturated carbocycles. The number of halogens is 1. The molecule has 3 heteroatoms. The van der Waals surface area contributed by atoms with Crippen LogP contribution in [0, 0.1) is 5.41 Å². The molecule has 0 amide bonds. The summed E-state index contributed by atoms with van der Waals surface area (Å²) in [5, 5.41) is 14.2. The fraction of sp³-hybridized carbons (Fsp3) is 0.600. The molecule has 1 aliphatic rings. The Labute approximate surface area is 114 Å². The Morgan fingerprint density at radius 2 is 2.22 bits per heavy atom. The number of nitrogens with one attached hydrogen (secondary N) is 1. The van der Waals surface area contributed by atoms with E-state index in [0.29, 0.717) is 12.1 Å². The van der Waals surface area contributed by atoms with Crippen LogP contribution in [0.25, 0.3) is 0 Å². The number of aliphatic hydroxyl groups is 1. The Balaban J connectivity index is 2.07. The number of rotatable bonds is 4. The van der Waals surface area contributed by atoms with Gasteiger partial charge >= 0.3 is 0 Å². The van der Waals surface area contributed by atoms with Crippen molar-refractivity contribution in [3.63, 3.8) is 0 Å². The maximum absolute atomic E-state index is 9.79. The first-order valence-corrected chi connectivity index (χ1v) is 7.02. The van der Waals surface area contributed by atoms with E-state index in [1.807, 2.05) is 18.2 Å². The van der Waals surface area contributed by atoms with Gasteiger partial charge in [-0.15, -0.1) is 0 Å². The highest BCUT2D eigenvalue weighted by molar-refractivity contribution is 6.30. The highest BCUT2D eigenvalue weighted by Crippen LogP contribution is 2.41.